The van der Waals surface area contributed by atoms with Crippen LogP contribution in [0.4, 0.5) is 18.0 Å². The topological polar surface area (TPSA) is 71.0 Å². The molecule has 2 N–H and O–H groups in total. The van der Waals surface area contributed by atoms with Gasteiger partial charge in [0, 0.05) is 25.2 Å². The maximum atomic E-state index is 12.4. The fourth-order valence-corrected chi connectivity index (χ4v) is 4.04. The molecule has 3 atom stereocenters. The first kappa shape index (κ1) is 18.6. The van der Waals surface area contributed by atoms with Gasteiger partial charge in [-0.2, -0.15) is 0 Å². The fourth-order valence-electron chi connectivity index (χ4n) is 4.04. The number of piperidine rings is 1. The van der Waals surface area contributed by atoms with Crippen molar-refractivity contribution in [2.75, 3.05) is 26.7 Å². The van der Waals surface area contributed by atoms with Crippen LogP contribution in [0.25, 0.3) is 0 Å². The van der Waals surface area contributed by atoms with E-state index in [-0.39, 0.29) is 23.5 Å². The minimum atomic E-state index is -4.78. The van der Waals surface area contributed by atoms with Crippen LogP contribution in [0.2, 0.25) is 0 Å². The molecule has 2 saturated heterocycles. The number of hydrogen-bond acceptors (Lipinski definition) is 4. The van der Waals surface area contributed by atoms with Gasteiger partial charge in [0.1, 0.15) is 11.5 Å². The molecule has 1 amide bonds. The first-order valence-electron chi connectivity index (χ1n) is 8.41. The van der Waals surface area contributed by atoms with Gasteiger partial charge in [-0.15, -0.1) is 13.2 Å². The normalized spacial score (nSPS) is 25.7. The molecule has 3 rings (SSSR count). The molecule has 2 aliphatic heterocycles. The van der Waals surface area contributed by atoms with Gasteiger partial charge in [-0.05, 0) is 42.9 Å². The number of halogens is 3. The van der Waals surface area contributed by atoms with E-state index in [0.29, 0.717) is 24.4 Å². The number of alkyl halides is 3. The molecule has 1 unspecified atom stereocenters. The molecule has 26 heavy (non-hydrogen) atoms. The van der Waals surface area contributed by atoms with Crippen LogP contribution in [-0.2, 0) is 6.42 Å². The van der Waals surface area contributed by atoms with Crippen LogP contribution in [0.15, 0.2) is 18.2 Å². The number of carboxylic acid groups (broad SMARTS) is 1. The van der Waals surface area contributed by atoms with Gasteiger partial charge in [0.2, 0.25) is 0 Å². The van der Waals surface area contributed by atoms with Crippen molar-refractivity contribution >= 4 is 6.09 Å². The zero-order chi connectivity index (χ0) is 18.9. The summed E-state index contributed by atoms with van der Waals surface area (Å²) in [4.78, 5) is 13.1. The molecule has 0 aromatic heterocycles. The predicted molar refractivity (Wildman–Crippen MR) is 86.4 cm³/mol. The van der Waals surface area contributed by atoms with Crippen LogP contribution in [0.5, 0.6) is 11.5 Å². The van der Waals surface area contributed by atoms with Gasteiger partial charge in [0.05, 0.1) is 7.11 Å². The van der Waals surface area contributed by atoms with Crippen LogP contribution in [-0.4, -0.2) is 55.2 Å². The number of carbonyl (C=O) groups is 1. The Bertz CT molecular complexity index is 668. The van der Waals surface area contributed by atoms with E-state index < -0.39 is 12.5 Å². The number of benzene rings is 1. The summed E-state index contributed by atoms with van der Waals surface area (Å²) in [5.74, 6) is 0.479. The van der Waals surface area contributed by atoms with Crippen LogP contribution < -0.4 is 14.8 Å². The molecule has 144 valence electrons. The van der Waals surface area contributed by atoms with E-state index in [1.807, 2.05) is 0 Å². The van der Waals surface area contributed by atoms with E-state index in [2.05, 4.69) is 10.1 Å². The molecular formula is C17H21F3N2O4. The SMILES string of the molecule is COc1cc(OC(F)(F)F)ccc1CC1[C@@H]2CNC[C@H]2CCN1C(=O)O. The number of ether oxygens (including phenoxy) is 2. The van der Waals surface area contributed by atoms with Gasteiger partial charge in [-0.25, -0.2) is 4.79 Å². The summed E-state index contributed by atoms with van der Waals surface area (Å²) in [7, 11) is 1.37. The van der Waals surface area contributed by atoms with Crippen molar-refractivity contribution in [1.82, 2.24) is 10.2 Å². The zero-order valence-electron chi connectivity index (χ0n) is 14.3. The average Bonchev–Trinajstić information content (AvgIpc) is 3.03. The number of fused-ring (bicyclic) bond motifs is 1. The second kappa shape index (κ2) is 7.22. The van der Waals surface area contributed by atoms with Crippen molar-refractivity contribution in [3.8, 4) is 11.5 Å². The summed E-state index contributed by atoms with van der Waals surface area (Å²) in [6, 6.07) is 3.67. The number of methoxy groups -OCH3 is 1. The molecule has 9 heteroatoms. The minimum Gasteiger partial charge on any atom is -0.496 e. The largest absolute Gasteiger partial charge is 0.573 e. The van der Waals surface area contributed by atoms with Gasteiger partial charge >= 0.3 is 12.5 Å². The Kier molecular flexibility index (Phi) is 5.17. The van der Waals surface area contributed by atoms with Crippen molar-refractivity contribution in [2.45, 2.75) is 25.2 Å². The molecule has 0 spiro atoms. The lowest BCUT2D eigenvalue weighted by Gasteiger charge is -2.41. The third-order valence-corrected chi connectivity index (χ3v) is 5.19. The maximum Gasteiger partial charge on any atom is 0.573 e. The van der Waals surface area contributed by atoms with E-state index in [1.54, 1.807) is 0 Å². The molecule has 1 aromatic rings. The van der Waals surface area contributed by atoms with E-state index >= 15 is 0 Å². The highest BCUT2D eigenvalue weighted by molar-refractivity contribution is 5.66. The number of amides is 1. The monoisotopic (exact) mass is 374 g/mol. The third-order valence-electron chi connectivity index (χ3n) is 5.19. The Labute approximate surface area is 148 Å². The van der Waals surface area contributed by atoms with Gasteiger partial charge in [-0.1, -0.05) is 6.07 Å². The van der Waals surface area contributed by atoms with Gasteiger partial charge in [0.15, 0.2) is 0 Å². The van der Waals surface area contributed by atoms with Crippen LogP contribution in [0, 0.1) is 11.8 Å². The number of rotatable bonds is 4. The predicted octanol–water partition coefficient (Wildman–Crippen LogP) is 2.72. The first-order chi connectivity index (χ1) is 12.3. The van der Waals surface area contributed by atoms with Gasteiger partial charge in [-0.3, -0.25) is 0 Å². The summed E-state index contributed by atoms with van der Waals surface area (Å²) in [6.07, 6.45) is -4.56. The molecule has 0 aliphatic carbocycles. The molecule has 0 bridgehead atoms. The number of nitrogens with zero attached hydrogens (tertiary/aromatic N) is 1. The highest BCUT2D eigenvalue weighted by Crippen LogP contribution is 2.36. The molecule has 2 heterocycles. The van der Waals surface area contributed by atoms with E-state index in [9.17, 15) is 23.1 Å². The van der Waals surface area contributed by atoms with Crippen molar-refractivity contribution < 1.29 is 32.5 Å². The van der Waals surface area contributed by atoms with Gasteiger partial charge in [0.25, 0.3) is 0 Å². The maximum absolute atomic E-state index is 12.4. The van der Waals surface area contributed by atoms with Crippen molar-refractivity contribution in [3.05, 3.63) is 23.8 Å². The Balaban J connectivity index is 1.84. The van der Waals surface area contributed by atoms with Gasteiger partial charge < -0.3 is 24.8 Å². The Morgan fingerprint density at radius 2 is 2.15 bits per heavy atom. The van der Waals surface area contributed by atoms with Crippen molar-refractivity contribution in [3.63, 3.8) is 0 Å². The number of nitrogens with one attached hydrogen (secondary N) is 1. The van der Waals surface area contributed by atoms with Crippen molar-refractivity contribution in [2.24, 2.45) is 11.8 Å². The Hall–Kier alpha value is -2.16. The Morgan fingerprint density at radius 1 is 1.38 bits per heavy atom. The summed E-state index contributed by atoms with van der Waals surface area (Å²) < 4.78 is 46.3. The number of hydrogen-bond donors (Lipinski definition) is 2. The summed E-state index contributed by atoms with van der Waals surface area (Å²) in [5, 5.41) is 12.8. The van der Waals surface area contributed by atoms with Crippen LogP contribution in [0.3, 0.4) is 0 Å². The highest BCUT2D eigenvalue weighted by atomic mass is 19.4. The molecule has 2 fully saturated rings. The summed E-state index contributed by atoms with van der Waals surface area (Å²) in [5.41, 5.74) is 0.658. The summed E-state index contributed by atoms with van der Waals surface area (Å²) >= 11 is 0. The third kappa shape index (κ3) is 3.98. The molecule has 0 saturated carbocycles. The average molecular weight is 374 g/mol. The van der Waals surface area contributed by atoms with E-state index in [4.69, 9.17) is 4.74 Å². The quantitative estimate of drug-likeness (QED) is 0.848. The first-order valence-corrected chi connectivity index (χ1v) is 8.41. The lowest BCUT2D eigenvalue weighted by Crippen LogP contribution is -2.52. The second-order valence-corrected chi connectivity index (χ2v) is 6.64. The lowest BCUT2D eigenvalue weighted by atomic mass is 9.79. The minimum absolute atomic E-state index is 0.177. The smallest absolute Gasteiger partial charge is 0.496 e. The highest BCUT2D eigenvalue weighted by Gasteiger charge is 2.42. The summed E-state index contributed by atoms with van der Waals surface area (Å²) in [6.45, 7) is 2.06. The number of likely N-dealkylation sites (tertiary alicyclic amines) is 1. The molecular weight excluding hydrogens is 353 g/mol. The molecule has 1 aromatic carbocycles. The van der Waals surface area contributed by atoms with Crippen LogP contribution >= 0.6 is 0 Å². The van der Waals surface area contributed by atoms with Crippen LogP contribution in [0.1, 0.15) is 12.0 Å². The molecule has 6 nitrogen and oxygen atoms in total. The fraction of sp³-hybridized carbons (Fsp3) is 0.588. The zero-order valence-corrected chi connectivity index (χ0v) is 14.3. The Morgan fingerprint density at radius 3 is 2.81 bits per heavy atom. The standard InChI is InChI=1S/C17H21F3N2O4/c1-25-15-7-12(26-17(18,19)20)3-2-10(15)6-14-13-9-21-8-11(13)4-5-22(14)16(23)24/h2-3,7,11,13-14,21H,4-6,8-9H2,1H3,(H,23,24)/t11-,13-,14?/m1/s1. The molecule has 2 aliphatic rings. The second-order valence-electron chi connectivity index (χ2n) is 6.64. The molecule has 0 radical (unpaired) electrons. The lowest BCUT2D eigenvalue weighted by molar-refractivity contribution is -0.274. The van der Waals surface area contributed by atoms with E-state index in [0.717, 1.165) is 19.5 Å². The van der Waals surface area contributed by atoms with Crippen molar-refractivity contribution in [1.29, 1.82) is 0 Å². The van der Waals surface area contributed by atoms with E-state index in [1.165, 1.54) is 30.2 Å².